The molecule has 0 aromatic heterocycles. The van der Waals surface area contributed by atoms with Crippen LogP contribution < -0.4 is 10.1 Å². The summed E-state index contributed by atoms with van der Waals surface area (Å²) in [5.41, 5.74) is 1.52. The highest BCUT2D eigenvalue weighted by Gasteiger charge is 2.14. The second-order valence-corrected chi connectivity index (χ2v) is 5.06. The fourth-order valence-corrected chi connectivity index (χ4v) is 1.92. The molecule has 1 rings (SSSR count). The largest absolute Gasteiger partial charge is 0.494 e. The van der Waals surface area contributed by atoms with Gasteiger partial charge in [0, 0.05) is 12.1 Å². The van der Waals surface area contributed by atoms with E-state index in [9.17, 15) is 0 Å². The first-order valence-corrected chi connectivity index (χ1v) is 6.54. The molecule has 0 bridgehead atoms. The maximum atomic E-state index is 5.42. The first kappa shape index (κ1) is 14.0. The van der Waals surface area contributed by atoms with E-state index in [-0.39, 0.29) is 5.54 Å². The van der Waals surface area contributed by atoms with Crippen LogP contribution >= 0.6 is 0 Å². The highest BCUT2D eigenvalue weighted by molar-refractivity contribution is 5.27. The van der Waals surface area contributed by atoms with Gasteiger partial charge in [0.15, 0.2) is 0 Å². The van der Waals surface area contributed by atoms with E-state index in [4.69, 9.17) is 4.74 Å². The average molecular weight is 235 g/mol. The van der Waals surface area contributed by atoms with Gasteiger partial charge in [-0.25, -0.2) is 0 Å². The molecule has 0 unspecified atom stereocenters. The predicted molar refractivity (Wildman–Crippen MR) is 73.4 cm³/mol. The van der Waals surface area contributed by atoms with Gasteiger partial charge in [0.05, 0.1) is 6.61 Å². The van der Waals surface area contributed by atoms with Gasteiger partial charge < -0.3 is 10.1 Å². The summed E-state index contributed by atoms with van der Waals surface area (Å²) in [4.78, 5) is 0. The van der Waals surface area contributed by atoms with Crippen LogP contribution in [0.15, 0.2) is 24.3 Å². The SMILES string of the molecule is CCCC(C)(C)NCc1ccc(OCC)cc1. The zero-order chi connectivity index (χ0) is 12.7. The molecule has 96 valence electrons. The maximum Gasteiger partial charge on any atom is 0.119 e. The topological polar surface area (TPSA) is 21.3 Å². The van der Waals surface area contributed by atoms with Gasteiger partial charge in [0.25, 0.3) is 0 Å². The van der Waals surface area contributed by atoms with Gasteiger partial charge in [-0.2, -0.15) is 0 Å². The fraction of sp³-hybridized carbons (Fsp3) is 0.600. The van der Waals surface area contributed by atoms with Crippen molar-refractivity contribution >= 4 is 0 Å². The van der Waals surface area contributed by atoms with Crippen LogP contribution in [-0.4, -0.2) is 12.1 Å². The summed E-state index contributed by atoms with van der Waals surface area (Å²) in [6.45, 7) is 10.4. The van der Waals surface area contributed by atoms with Gasteiger partial charge in [-0.1, -0.05) is 25.5 Å². The molecule has 0 saturated carbocycles. The quantitative estimate of drug-likeness (QED) is 0.777. The number of rotatable bonds is 7. The highest BCUT2D eigenvalue weighted by Crippen LogP contribution is 2.15. The van der Waals surface area contributed by atoms with E-state index < -0.39 is 0 Å². The molecule has 0 saturated heterocycles. The third-order valence-corrected chi connectivity index (χ3v) is 2.88. The lowest BCUT2D eigenvalue weighted by molar-refractivity contribution is 0.339. The summed E-state index contributed by atoms with van der Waals surface area (Å²) in [5.74, 6) is 0.948. The van der Waals surface area contributed by atoms with Crippen molar-refractivity contribution in [2.45, 2.75) is 52.6 Å². The van der Waals surface area contributed by atoms with E-state index in [0.717, 1.165) is 18.9 Å². The van der Waals surface area contributed by atoms with E-state index in [2.05, 4.69) is 38.2 Å². The molecule has 0 atom stereocenters. The second kappa shape index (κ2) is 6.65. The molecule has 1 N–H and O–H groups in total. The van der Waals surface area contributed by atoms with Crippen LogP contribution in [0.1, 0.15) is 46.1 Å². The third kappa shape index (κ3) is 5.22. The van der Waals surface area contributed by atoms with Gasteiger partial charge in [-0.3, -0.25) is 0 Å². The summed E-state index contributed by atoms with van der Waals surface area (Å²) in [6, 6.07) is 8.32. The third-order valence-electron chi connectivity index (χ3n) is 2.88. The Morgan fingerprint density at radius 1 is 1.12 bits per heavy atom. The minimum Gasteiger partial charge on any atom is -0.494 e. The Hall–Kier alpha value is -1.02. The minimum absolute atomic E-state index is 0.216. The molecule has 0 fully saturated rings. The van der Waals surface area contributed by atoms with Crippen molar-refractivity contribution in [1.29, 1.82) is 0 Å². The van der Waals surface area contributed by atoms with Crippen LogP contribution in [-0.2, 0) is 6.54 Å². The van der Waals surface area contributed by atoms with Crippen LogP contribution in [0.4, 0.5) is 0 Å². The summed E-state index contributed by atoms with van der Waals surface area (Å²) in [5, 5.41) is 3.59. The Morgan fingerprint density at radius 3 is 2.29 bits per heavy atom. The molecular weight excluding hydrogens is 210 g/mol. The van der Waals surface area contributed by atoms with Crippen LogP contribution in [0.2, 0.25) is 0 Å². The van der Waals surface area contributed by atoms with E-state index in [1.807, 2.05) is 19.1 Å². The zero-order valence-corrected chi connectivity index (χ0v) is 11.5. The first-order chi connectivity index (χ1) is 8.07. The molecule has 2 nitrogen and oxygen atoms in total. The molecule has 0 aliphatic heterocycles. The van der Waals surface area contributed by atoms with Crippen molar-refractivity contribution in [3.8, 4) is 5.75 Å². The van der Waals surface area contributed by atoms with Crippen molar-refractivity contribution in [3.63, 3.8) is 0 Å². The van der Waals surface area contributed by atoms with E-state index in [1.165, 1.54) is 18.4 Å². The molecule has 17 heavy (non-hydrogen) atoms. The molecule has 0 spiro atoms. The molecule has 1 aromatic rings. The Kier molecular flexibility index (Phi) is 5.49. The summed E-state index contributed by atoms with van der Waals surface area (Å²) < 4.78 is 5.42. The molecule has 0 radical (unpaired) electrons. The molecule has 0 aliphatic carbocycles. The number of hydrogen-bond donors (Lipinski definition) is 1. The second-order valence-electron chi connectivity index (χ2n) is 5.06. The van der Waals surface area contributed by atoms with Gasteiger partial charge >= 0.3 is 0 Å². The number of benzene rings is 1. The van der Waals surface area contributed by atoms with E-state index in [0.29, 0.717) is 0 Å². The van der Waals surface area contributed by atoms with Gasteiger partial charge in [-0.05, 0) is 44.9 Å². The van der Waals surface area contributed by atoms with Gasteiger partial charge in [-0.15, -0.1) is 0 Å². The molecular formula is C15H25NO. The first-order valence-electron chi connectivity index (χ1n) is 6.54. The molecule has 0 aliphatic rings. The summed E-state index contributed by atoms with van der Waals surface area (Å²) in [6.07, 6.45) is 2.41. The van der Waals surface area contributed by atoms with Crippen molar-refractivity contribution in [1.82, 2.24) is 5.32 Å². The van der Waals surface area contributed by atoms with Crippen molar-refractivity contribution in [2.24, 2.45) is 0 Å². The molecule has 0 amide bonds. The number of hydrogen-bond acceptors (Lipinski definition) is 2. The monoisotopic (exact) mass is 235 g/mol. The van der Waals surface area contributed by atoms with E-state index >= 15 is 0 Å². The average Bonchev–Trinajstić information content (AvgIpc) is 2.29. The minimum atomic E-state index is 0.216. The molecule has 0 heterocycles. The van der Waals surface area contributed by atoms with Gasteiger partial charge in [0.2, 0.25) is 0 Å². The van der Waals surface area contributed by atoms with Crippen molar-refractivity contribution in [3.05, 3.63) is 29.8 Å². The number of ether oxygens (including phenoxy) is 1. The lowest BCUT2D eigenvalue weighted by Crippen LogP contribution is -2.38. The zero-order valence-electron chi connectivity index (χ0n) is 11.5. The Balaban J connectivity index is 2.46. The Morgan fingerprint density at radius 2 is 1.76 bits per heavy atom. The standard InChI is InChI=1S/C15H25NO/c1-5-11-15(3,4)16-12-13-7-9-14(10-8-13)17-6-2/h7-10,16H,5-6,11-12H2,1-4H3. The van der Waals surface area contributed by atoms with Crippen LogP contribution in [0.3, 0.4) is 0 Å². The Labute approximate surface area is 105 Å². The van der Waals surface area contributed by atoms with Gasteiger partial charge in [0.1, 0.15) is 5.75 Å². The lowest BCUT2D eigenvalue weighted by Gasteiger charge is -2.26. The predicted octanol–water partition coefficient (Wildman–Crippen LogP) is 3.75. The molecule has 1 aromatic carbocycles. The smallest absolute Gasteiger partial charge is 0.119 e. The van der Waals surface area contributed by atoms with Crippen LogP contribution in [0, 0.1) is 0 Å². The van der Waals surface area contributed by atoms with E-state index in [1.54, 1.807) is 0 Å². The summed E-state index contributed by atoms with van der Waals surface area (Å²) >= 11 is 0. The lowest BCUT2D eigenvalue weighted by atomic mass is 9.98. The van der Waals surface area contributed by atoms with Crippen molar-refractivity contribution in [2.75, 3.05) is 6.61 Å². The van der Waals surface area contributed by atoms with Crippen molar-refractivity contribution < 1.29 is 4.74 Å². The fourth-order valence-electron chi connectivity index (χ4n) is 1.92. The van der Waals surface area contributed by atoms with Crippen LogP contribution in [0.5, 0.6) is 5.75 Å². The molecule has 2 heteroatoms. The van der Waals surface area contributed by atoms with Crippen LogP contribution in [0.25, 0.3) is 0 Å². The highest BCUT2D eigenvalue weighted by atomic mass is 16.5. The normalized spacial score (nSPS) is 11.5. The summed E-state index contributed by atoms with van der Waals surface area (Å²) in [7, 11) is 0. The Bertz CT molecular complexity index is 316. The number of nitrogens with one attached hydrogen (secondary N) is 1. The maximum absolute atomic E-state index is 5.42.